The second-order valence-electron chi connectivity index (χ2n) is 1.35. The van der Waals surface area contributed by atoms with Crippen molar-refractivity contribution in [3.63, 3.8) is 0 Å². The summed E-state index contributed by atoms with van der Waals surface area (Å²) in [5.74, 6) is 0. The van der Waals surface area contributed by atoms with E-state index in [9.17, 15) is 0 Å². The standard InChI is InChI=1S/C4H9O.Al.Li.2H/c1-2-3-4-5;;;;/h2-4H2,1H3;;;;/q-1;+1;;;. The maximum atomic E-state index is 4.92. The van der Waals surface area contributed by atoms with Crippen LogP contribution in [-0.4, -0.2) is 42.1 Å². The molecule has 0 aromatic carbocycles. The van der Waals surface area contributed by atoms with Gasteiger partial charge in [-0.1, -0.05) is 13.3 Å². The minimum absolute atomic E-state index is 0. The van der Waals surface area contributed by atoms with E-state index in [1.807, 2.05) is 0 Å². The number of rotatable bonds is 3. The van der Waals surface area contributed by atoms with Crippen molar-refractivity contribution in [1.82, 2.24) is 0 Å². The molecule has 3 heteroatoms. The summed E-state index contributed by atoms with van der Waals surface area (Å²) in [7, 11) is 0. The van der Waals surface area contributed by atoms with Crippen LogP contribution in [0.5, 0.6) is 0 Å². The van der Waals surface area contributed by atoms with Gasteiger partial charge in [0.1, 0.15) is 0 Å². The Bertz CT molecular complexity index is 23.7. The summed E-state index contributed by atoms with van der Waals surface area (Å²) in [5, 5.41) is 0. The van der Waals surface area contributed by atoms with Gasteiger partial charge in [-0.2, -0.15) is 0 Å². The Balaban J connectivity index is 0. The topological polar surface area (TPSA) is 9.23 Å². The van der Waals surface area contributed by atoms with Crippen LogP contribution < -0.4 is 0 Å². The van der Waals surface area contributed by atoms with E-state index < -0.39 is 0 Å². The summed E-state index contributed by atoms with van der Waals surface area (Å²) in [4.78, 5) is 0. The van der Waals surface area contributed by atoms with E-state index in [0.717, 1.165) is 23.2 Å². The van der Waals surface area contributed by atoms with Crippen LogP contribution in [-0.2, 0) is 3.79 Å². The Labute approximate surface area is 65.7 Å². The van der Waals surface area contributed by atoms with Crippen molar-refractivity contribution >= 4 is 35.5 Å². The number of unbranched alkanes of at least 4 members (excludes halogenated alkanes) is 1. The first-order chi connectivity index (χ1) is 2.91. The van der Waals surface area contributed by atoms with Crippen molar-refractivity contribution in [2.75, 3.05) is 6.61 Å². The molecular formula is C4H11AlLiO. The molecule has 0 N–H and O–H groups in total. The van der Waals surface area contributed by atoms with E-state index in [-0.39, 0.29) is 18.9 Å². The predicted octanol–water partition coefficient (Wildman–Crippen LogP) is -0.0296. The minimum atomic E-state index is 0. The first-order valence-electron chi connectivity index (χ1n) is 2.40. The normalized spacial score (nSPS) is 7.57. The summed E-state index contributed by atoms with van der Waals surface area (Å²) < 4.78 is 4.92. The average Bonchev–Trinajstić information content (AvgIpc) is 1.61. The van der Waals surface area contributed by atoms with E-state index in [2.05, 4.69) is 6.92 Å². The van der Waals surface area contributed by atoms with Gasteiger partial charge in [-0.3, -0.25) is 0 Å². The van der Waals surface area contributed by atoms with Crippen molar-refractivity contribution < 1.29 is 3.79 Å². The van der Waals surface area contributed by atoms with E-state index in [4.69, 9.17) is 3.79 Å². The smallest absolute Gasteiger partial charge is 0.410 e. The van der Waals surface area contributed by atoms with Crippen LogP contribution in [0.25, 0.3) is 0 Å². The largest absolute Gasteiger partial charge is 0.506 e. The second-order valence-corrected chi connectivity index (χ2v) is 1.92. The quantitative estimate of drug-likeness (QED) is 0.365. The molecule has 37 valence electrons. The Morgan fingerprint density at radius 2 is 2.14 bits per heavy atom. The summed E-state index contributed by atoms with van der Waals surface area (Å²) in [6.45, 7) is 3.14. The SMILES string of the molecule is CCCC[O][AlH2].[Li]. The van der Waals surface area contributed by atoms with Crippen LogP contribution in [0.1, 0.15) is 19.8 Å². The van der Waals surface area contributed by atoms with E-state index in [0.29, 0.717) is 0 Å². The molecule has 0 rings (SSSR count). The molecule has 0 saturated heterocycles. The molecule has 0 fully saturated rings. The third-order valence-corrected chi connectivity index (χ3v) is 1.11. The number of hydrogen-bond donors (Lipinski definition) is 0. The maximum absolute atomic E-state index is 4.92. The summed E-state index contributed by atoms with van der Waals surface area (Å²) in [6.07, 6.45) is 2.48. The molecule has 0 aliphatic rings. The molecule has 0 spiro atoms. The van der Waals surface area contributed by atoms with Crippen molar-refractivity contribution in [3.05, 3.63) is 0 Å². The zero-order valence-electron chi connectivity index (χ0n) is 5.53. The maximum Gasteiger partial charge on any atom is 0.410 e. The van der Waals surface area contributed by atoms with E-state index in [1.165, 1.54) is 12.8 Å². The summed E-state index contributed by atoms with van der Waals surface area (Å²) in [6, 6.07) is 0. The van der Waals surface area contributed by atoms with Gasteiger partial charge in [0.25, 0.3) is 0 Å². The van der Waals surface area contributed by atoms with E-state index >= 15 is 0 Å². The van der Waals surface area contributed by atoms with Gasteiger partial charge >= 0.3 is 16.6 Å². The summed E-state index contributed by atoms with van der Waals surface area (Å²) in [5.41, 5.74) is 0. The van der Waals surface area contributed by atoms with Gasteiger partial charge in [0.2, 0.25) is 0 Å². The molecule has 0 bridgehead atoms. The van der Waals surface area contributed by atoms with Crippen LogP contribution in [0.2, 0.25) is 0 Å². The molecule has 0 unspecified atom stereocenters. The Morgan fingerprint density at radius 3 is 2.29 bits per heavy atom. The third kappa shape index (κ3) is 11.0. The second kappa shape index (κ2) is 10.1. The van der Waals surface area contributed by atoms with Crippen molar-refractivity contribution in [1.29, 1.82) is 0 Å². The Morgan fingerprint density at radius 1 is 1.57 bits per heavy atom. The molecule has 0 amide bonds. The fourth-order valence-electron chi connectivity index (χ4n) is 0.289. The van der Waals surface area contributed by atoms with Crippen molar-refractivity contribution in [3.8, 4) is 0 Å². The molecule has 0 aromatic rings. The van der Waals surface area contributed by atoms with E-state index in [1.54, 1.807) is 0 Å². The molecule has 0 aliphatic heterocycles. The molecule has 0 atom stereocenters. The monoisotopic (exact) mass is 109 g/mol. The number of hydrogen-bond acceptors (Lipinski definition) is 1. The zero-order chi connectivity index (χ0) is 4.83. The fourth-order valence-corrected chi connectivity index (χ4v) is 0.577. The molecule has 0 aromatic heterocycles. The minimum Gasteiger partial charge on any atom is -0.506 e. The van der Waals surface area contributed by atoms with Gasteiger partial charge in [-0.15, -0.1) is 0 Å². The molecular weight excluding hydrogens is 98.0 g/mol. The molecule has 7 heavy (non-hydrogen) atoms. The van der Waals surface area contributed by atoms with Gasteiger partial charge in [0.15, 0.2) is 0 Å². The average molecular weight is 109 g/mol. The van der Waals surface area contributed by atoms with Crippen LogP contribution in [0.4, 0.5) is 0 Å². The van der Waals surface area contributed by atoms with Crippen LogP contribution in [0.3, 0.4) is 0 Å². The summed E-state index contributed by atoms with van der Waals surface area (Å²) >= 11 is 0.903. The van der Waals surface area contributed by atoms with Gasteiger partial charge in [0.05, 0.1) is 0 Å². The molecule has 0 aliphatic carbocycles. The zero-order valence-corrected chi connectivity index (χ0v) is 7.53. The first kappa shape index (κ1) is 11.0. The van der Waals surface area contributed by atoms with Gasteiger partial charge in [0, 0.05) is 25.5 Å². The van der Waals surface area contributed by atoms with Gasteiger partial charge in [-0.25, -0.2) is 0 Å². The molecule has 1 nitrogen and oxygen atoms in total. The van der Waals surface area contributed by atoms with Gasteiger partial charge in [-0.05, 0) is 6.42 Å². The van der Waals surface area contributed by atoms with Gasteiger partial charge < -0.3 is 3.79 Å². The molecule has 0 saturated carbocycles. The predicted molar refractivity (Wildman–Crippen MR) is 35.2 cm³/mol. The Kier molecular flexibility index (Phi) is 15.9. The van der Waals surface area contributed by atoms with Crippen molar-refractivity contribution in [2.24, 2.45) is 0 Å². The van der Waals surface area contributed by atoms with Crippen LogP contribution in [0.15, 0.2) is 0 Å². The molecule has 0 heterocycles. The van der Waals surface area contributed by atoms with Crippen molar-refractivity contribution in [2.45, 2.75) is 19.8 Å². The Hall–Kier alpha value is 1.09. The molecule has 1 radical (unpaired) electrons. The first-order valence-corrected chi connectivity index (χ1v) is 3.22. The van der Waals surface area contributed by atoms with Crippen LogP contribution in [0, 0.1) is 0 Å². The third-order valence-electron chi connectivity index (χ3n) is 0.702. The fraction of sp³-hybridized carbons (Fsp3) is 1.00. The van der Waals surface area contributed by atoms with Crippen LogP contribution >= 0.6 is 0 Å².